The van der Waals surface area contributed by atoms with Crippen LogP contribution in [0.3, 0.4) is 0 Å². The first-order chi connectivity index (χ1) is 10.3. The fourth-order valence-corrected chi connectivity index (χ4v) is 3.41. The van der Waals surface area contributed by atoms with Gasteiger partial charge >= 0.3 is 7.12 Å². The molecular formula is C14H21BF3NO2P2. The molecule has 3 nitrogen and oxygen atoms in total. The van der Waals surface area contributed by atoms with Crippen molar-refractivity contribution in [3.05, 3.63) is 17.4 Å². The lowest BCUT2D eigenvalue weighted by atomic mass is 9.75. The van der Waals surface area contributed by atoms with Crippen LogP contribution >= 0.6 is 18.5 Å². The molecule has 9 heteroatoms. The Morgan fingerprint density at radius 1 is 1.17 bits per heavy atom. The number of anilines is 1. The highest BCUT2D eigenvalue weighted by Gasteiger charge is 2.53. The third kappa shape index (κ3) is 3.26. The van der Waals surface area contributed by atoms with Gasteiger partial charge in [-0.25, -0.2) is 4.39 Å². The summed E-state index contributed by atoms with van der Waals surface area (Å²) in [5.74, 6) is -0.741. The minimum Gasteiger partial charge on any atom is -0.399 e. The SMILES string of the molecule is CNc1cc(B2OC(C)(C)C(C)(C)O2)c(C(F)(F)P)c(P)c1F. The number of halogens is 3. The molecule has 1 aliphatic rings. The number of hydrogen-bond acceptors (Lipinski definition) is 3. The van der Waals surface area contributed by atoms with Crippen molar-refractivity contribution < 1.29 is 22.5 Å². The summed E-state index contributed by atoms with van der Waals surface area (Å²) in [6, 6.07) is 1.32. The highest BCUT2D eigenvalue weighted by Crippen LogP contribution is 2.40. The summed E-state index contributed by atoms with van der Waals surface area (Å²) in [5.41, 5.74) is -4.91. The normalized spacial score (nSPS) is 20.0. The molecule has 23 heavy (non-hydrogen) atoms. The second-order valence-electron chi connectivity index (χ2n) is 6.58. The molecule has 1 aromatic carbocycles. The van der Waals surface area contributed by atoms with Crippen molar-refractivity contribution in [2.24, 2.45) is 0 Å². The molecule has 0 saturated carbocycles. The molecule has 2 unspecified atom stereocenters. The van der Waals surface area contributed by atoms with E-state index in [9.17, 15) is 13.2 Å². The van der Waals surface area contributed by atoms with E-state index in [1.807, 2.05) is 36.9 Å². The summed E-state index contributed by atoms with van der Waals surface area (Å²) in [6.07, 6.45) is 0. The Labute approximate surface area is 139 Å². The van der Waals surface area contributed by atoms with Crippen LogP contribution in [0, 0.1) is 5.82 Å². The first-order valence-corrected chi connectivity index (χ1v) is 8.29. The van der Waals surface area contributed by atoms with Crippen LogP contribution < -0.4 is 16.1 Å². The van der Waals surface area contributed by atoms with E-state index in [1.165, 1.54) is 22.4 Å². The fraction of sp³-hybridized carbons (Fsp3) is 0.571. The van der Waals surface area contributed by atoms with E-state index < -0.39 is 35.4 Å². The van der Waals surface area contributed by atoms with Gasteiger partial charge in [0.1, 0.15) is 0 Å². The zero-order valence-electron chi connectivity index (χ0n) is 13.8. The van der Waals surface area contributed by atoms with Gasteiger partial charge in [-0.2, -0.15) is 8.78 Å². The van der Waals surface area contributed by atoms with E-state index in [0.717, 1.165) is 0 Å². The molecule has 1 fully saturated rings. The van der Waals surface area contributed by atoms with Crippen molar-refractivity contribution >= 4 is 42.1 Å². The Hall–Kier alpha value is -0.345. The summed E-state index contributed by atoms with van der Waals surface area (Å²) in [6.45, 7) is 7.32. The zero-order valence-corrected chi connectivity index (χ0v) is 16.1. The van der Waals surface area contributed by atoms with Crippen molar-refractivity contribution in [3.63, 3.8) is 0 Å². The minimum absolute atomic E-state index is 0.109. The number of hydrogen-bond donors (Lipinski definition) is 1. The molecular weight excluding hydrogens is 344 g/mol. The van der Waals surface area contributed by atoms with Gasteiger partial charge in [-0.3, -0.25) is 0 Å². The lowest BCUT2D eigenvalue weighted by Gasteiger charge is -2.32. The zero-order chi connectivity index (χ0) is 17.8. The molecule has 0 bridgehead atoms. The third-order valence-corrected chi connectivity index (χ3v) is 5.27. The van der Waals surface area contributed by atoms with Crippen LogP contribution in [0.4, 0.5) is 18.9 Å². The Kier molecular flexibility index (Phi) is 4.85. The van der Waals surface area contributed by atoms with Crippen LogP contribution in [0.15, 0.2) is 6.07 Å². The monoisotopic (exact) mass is 365 g/mol. The van der Waals surface area contributed by atoms with Crippen LogP contribution in [0.1, 0.15) is 33.3 Å². The van der Waals surface area contributed by atoms with Crippen molar-refractivity contribution in [1.29, 1.82) is 0 Å². The predicted molar refractivity (Wildman–Crippen MR) is 94.6 cm³/mol. The standard InChI is InChI=1S/C14H21BF3NO2P2/c1-12(2)13(3,4)21-15(20-12)7-6-8(19-5)10(16)11(22)9(7)14(17,18)23/h6,19H,22-23H2,1-5H3. The molecule has 2 atom stereocenters. The predicted octanol–water partition coefficient (Wildman–Crippen LogP) is 2.59. The Morgan fingerprint density at radius 3 is 2.04 bits per heavy atom. The van der Waals surface area contributed by atoms with E-state index in [1.54, 1.807) is 0 Å². The van der Waals surface area contributed by atoms with Gasteiger partial charge in [0, 0.05) is 17.9 Å². The summed E-state index contributed by atoms with van der Waals surface area (Å²) < 4.78 is 54.1. The highest BCUT2D eigenvalue weighted by atomic mass is 31.0. The molecule has 0 amide bonds. The fourth-order valence-electron chi connectivity index (χ4n) is 2.41. The topological polar surface area (TPSA) is 30.5 Å². The van der Waals surface area contributed by atoms with Crippen LogP contribution in [-0.2, 0) is 15.0 Å². The van der Waals surface area contributed by atoms with Gasteiger partial charge in [0.25, 0.3) is 5.66 Å². The molecule has 1 aliphatic heterocycles. The number of nitrogens with one attached hydrogen (secondary N) is 1. The van der Waals surface area contributed by atoms with Crippen molar-refractivity contribution in [1.82, 2.24) is 0 Å². The van der Waals surface area contributed by atoms with Gasteiger partial charge in [0.2, 0.25) is 0 Å². The quantitative estimate of drug-likeness (QED) is 0.660. The molecule has 0 aliphatic carbocycles. The van der Waals surface area contributed by atoms with Crippen LogP contribution in [-0.4, -0.2) is 25.4 Å². The summed E-state index contributed by atoms with van der Waals surface area (Å²) in [4.78, 5) is 0. The first kappa shape index (κ1) is 19.0. The minimum atomic E-state index is -3.32. The van der Waals surface area contributed by atoms with Crippen LogP contribution in [0.25, 0.3) is 0 Å². The molecule has 1 saturated heterocycles. The summed E-state index contributed by atoms with van der Waals surface area (Å²) in [5, 5.41) is 2.46. The molecule has 1 aromatic rings. The second kappa shape index (κ2) is 5.88. The van der Waals surface area contributed by atoms with Gasteiger partial charge in [0.05, 0.1) is 16.9 Å². The van der Waals surface area contributed by atoms with E-state index in [2.05, 4.69) is 5.32 Å². The number of alkyl halides is 2. The van der Waals surface area contributed by atoms with E-state index in [-0.39, 0.29) is 16.5 Å². The molecule has 0 aromatic heterocycles. The largest absolute Gasteiger partial charge is 0.495 e. The number of rotatable bonds is 3. The molecule has 0 spiro atoms. The smallest absolute Gasteiger partial charge is 0.399 e. The lowest BCUT2D eigenvalue weighted by Crippen LogP contribution is -2.42. The summed E-state index contributed by atoms with van der Waals surface area (Å²) in [7, 11) is 4.01. The van der Waals surface area contributed by atoms with E-state index in [0.29, 0.717) is 0 Å². The average Bonchev–Trinajstić information content (AvgIpc) is 2.59. The molecule has 0 radical (unpaired) electrons. The van der Waals surface area contributed by atoms with Crippen LogP contribution in [0.2, 0.25) is 0 Å². The lowest BCUT2D eigenvalue weighted by molar-refractivity contribution is 0.00578. The molecule has 128 valence electrons. The maximum absolute atomic E-state index is 14.3. The van der Waals surface area contributed by atoms with Crippen molar-refractivity contribution in [2.75, 3.05) is 12.4 Å². The van der Waals surface area contributed by atoms with Gasteiger partial charge in [-0.05, 0) is 39.2 Å². The van der Waals surface area contributed by atoms with Crippen molar-refractivity contribution in [2.45, 2.75) is 44.6 Å². The molecule has 1 N–H and O–H groups in total. The highest BCUT2D eigenvalue weighted by molar-refractivity contribution is 7.28. The van der Waals surface area contributed by atoms with Gasteiger partial charge in [0.15, 0.2) is 5.82 Å². The third-order valence-electron chi connectivity index (χ3n) is 4.44. The summed E-state index contributed by atoms with van der Waals surface area (Å²) >= 11 is 0. The number of benzene rings is 1. The van der Waals surface area contributed by atoms with E-state index >= 15 is 0 Å². The Bertz CT molecular complexity index is 619. The van der Waals surface area contributed by atoms with Gasteiger partial charge in [-0.1, -0.05) is 9.24 Å². The molecule has 1 heterocycles. The van der Waals surface area contributed by atoms with Gasteiger partial charge in [-0.15, -0.1) is 9.24 Å². The Morgan fingerprint density at radius 2 is 1.65 bits per heavy atom. The second-order valence-corrected chi connectivity index (χ2v) is 7.88. The van der Waals surface area contributed by atoms with Gasteiger partial charge < -0.3 is 14.6 Å². The van der Waals surface area contributed by atoms with Crippen molar-refractivity contribution in [3.8, 4) is 0 Å². The van der Waals surface area contributed by atoms with E-state index in [4.69, 9.17) is 9.31 Å². The maximum atomic E-state index is 14.3. The average molecular weight is 365 g/mol. The maximum Gasteiger partial charge on any atom is 0.495 e. The van der Waals surface area contributed by atoms with Crippen LogP contribution in [0.5, 0.6) is 0 Å². The Balaban J connectivity index is 2.65. The molecule has 2 rings (SSSR count). The first-order valence-electron chi connectivity index (χ1n) is 7.14.